The summed E-state index contributed by atoms with van der Waals surface area (Å²) in [5.74, 6) is -9.48. The van der Waals surface area contributed by atoms with Crippen LogP contribution < -0.4 is 10.6 Å². The summed E-state index contributed by atoms with van der Waals surface area (Å²) in [6.07, 6.45) is -39.2. The van der Waals surface area contributed by atoms with Crippen LogP contribution in [0, 0.1) is 0 Å². The quantitative estimate of drug-likeness (QED) is 0.0152. The molecule has 0 bridgehead atoms. The van der Waals surface area contributed by atoms with Crippen molar-refractivity contribution in [2.75, 3.05) is 34.0 Å². The Morgan fingerprint density at radius 3 is 1.12 bits per heavy atom. The van der Waals surface area contributed by atoms with E-state index in [1.165, 1.54) is 115 Å². The molecule has 4 saturated heterocycles. The van der Waals surface area contributed by atoms with E-state index in [4.69, 9.17) is 70.7 Å². The zero-order chi connectivity index (χ0) is 79.4. The maximum atomic E-state index is 14.9. The van der Waals surface area contributed by atoms with E-state index < -0.39 is 223 Å². The summed E-state index contributed by atoms with van der Waals surface area (Å²) in [5.41, 5.74) is -0.699. The average Bonchev–Trinajstić information content (AvgIpc) is 0.747. The maximum Gasteiger partial charge on any atom is 0.338 e. The number of ether oxygens (including phenoxy) is 14. The Kier molecular flexibility index (Phi) is 29.0. The number of hydrogen-bond acceptors (Lipinski definition) is 33. The third-order valence-corrected chi connectivity index (χ3v) is 25.5. The highest BCUT2D eigenvalue weighted by molar-refractivity contribution is 7.81. The molecule has 35 nitrogen and oxygen atoms in total. The molecule has 4 N–H and O–H groups in total. The smallest absolute Gasteiger partial charge is 0.338 e. The molecule has 0 radical (unpaired) electrons. The van der Waals surface area contributed by atoms with Gasteiger partial charge in [-0.25, -0.2) is 45.6 Å². The molecule has 8 unspecified atom stereocenters. The minimum atomic E-state index is -5.78. The van der Waals surface area contributed by atoms with Crippen LogP contribution in [0.25, 0.3) is 0 Å². The monoisotopic (exact) mass is 1570 g/mol. The Morgan fingerprint density at radius 1 is 0.481 bits per heavy atom. The van der Waals surface area contributed by atoms with E-state index in [2.05, 4.69) is 25.6 Å². The van der Waals surface area contributed by atoms with Gasteiger partial charge in [0, 0.05) is 13.8 Å². The standard InChI is InChI=1S/C70H88N2O33S2Si/c1-13-34-91-65-45(71-37(2)73)49(47(75)43(94-65)35-92-106(83,84)85)100-67-57(98-61(79)41-30-22-16-23-31-41)52(96-59(77)39-26-18-14-19-27-39)51(55(103-67)63(81)89-10)102-66-46(72-38(3)74)50(48(76)44(95-66)36-93-107(86,87)88)101-68-58(99-62(80)42-32-24-17-25-33-42)53(97-60(78)40-28-20-15-21-29-40)54(56(104-68)64(82)90-11)105-108(12,69(4,5)6)70(7,8)9/h13-33,43-58,65-68,75-76H,1,34-36H2,2-12H3,(H,71,73)(H,72,74)(H,83,84,85)(H,86,87,88)/p-2/t43?,44?,45?,46?,47-,48-,49+,50+,51-,52-,53-,54-,55?,56?,57?,58?,65+,66-,67+,68+/m0/s1. The second-order valence-electron chi connectivity index (χ2n) is 27.3. The number of esters is 6. The van der Waals surface area contributed by atoms with Gasteiger partial charge < -0.3 is 101 Å². The SMILES string of the molecule is C=CCO[C@@H]1OC(COS(=O)(=O)[O-])[C@H](O)[C@H](O[C@@H]2OC(C(=O)OC)[C@@H](O[C@@H]3OC(COS(=O)(=O)[O-])[C@H](O)[C@H](O[C@@H]4OC(C(=O)OC)[C@@H](O[Si](C)(C(C)(C)C)C(C)(C)C)[C@H](OC(=O)c5ccccc5)C4OC(=O)c4ccccc4)C3NC(C)=O)[C@H](OC(=O)c3ccccc3)C2OC(=O)c2ccccc2)C1NC(C)=O. The van der Waals surface area contributed by atoms with Gasteiger partial charge in [0.1, 0.15) is 60.9 Å². The lowest BCUT2D eigenvalue weighted by Crippen LogP contribution is -2.72. The van der Waals surface area contributed by atoms with Crippen LogP contribution in [0.2, 0.25) is 16.6 Å². The molecule has 0 spiro atoms. The van der Waals surface area contributed by atoms with Crippen LogP contribution in [0.5, 0.6) is 0 Å². The molecule has 0 aromatic heterocycles. The predicted octanol–water partition coefficient (Wildman–Crippen LogP) is 2.74. The second-order valence-corrected chi connectivity index (χ2v) is 34.7. The average molecular weight is 1580 g/mol. The number of hydrogen-bond donors (Lipinski definition) is 4. The van der Waals surface area contributed by atoms with E-state index in [1.54, 1.807) is 12.1 Å². The molecule has 4 aliphatic heterocycles. The summed E-state index contributed by atoms with van der Waals surface area (Å²) < 4.78 is 176. The fourth-order valence-electron chi connectivity index (χ4n) is 12.5. The Morgan fingerprint density at radius 2 is 0.796 bits per heavy atom. The number of benzene rings is 4. The van der Waals surface area contributed by atoms with E-state index in [9.17, 15) is 74.5 Å². The zero-order valence-electron chi connectivity index (χ0n) is 60.4. The van der Waals surface area contributed by atoms with Gasteiger partial charge in [0.25, 0.3) is 0 Å². The normalized spacial score (nSPS) is 29.0. The van der Waals surface area contributed by atoms with Crippen molar-refractivity contribution in [1.29, 1.82) is 0 Å². The first-order valence-electron chi connectivity index (χ1n) is 33.6. The third-order valence-electron chi connectivity index (χ3n) is 18.2. The minimum Gasteiger partial charge on any atom is -0.726 e. The summed E-state index contributed by atoms with van der Waals surface area (Å²) in [4.78, 5) is 116. The summed E-state index contributed by atoms with van der Waals surface area (Å²) in [5, 5.41) is 28.5. The molecule has 4 aliphatic rings. The topological polar surface area (TPSA) is 472 Å². The molecular weight excluding hydrogens is 1490 g/mol. The molecule has 108 heavy (non-hydrogen) atoms. The predicted molar refractivity (Wildman–Crippen MR) is 366 cm³/mol. The Labute approximate surface area is 623 Å². The molecule has 4 heterocycles. The molecule has 0 aliphatic carbocycles. The van der Waals surface area contributed by atoms with Crippen LogP contribution >= 0.6 is 0 Å². The van der Waals surface area contributed by atoms with Crippen molar-refractivity contribution in [2.24, 2.45) is 0 Å². The fraction of sp³-hybridized carbons (Fsp3) is 0.514. The molecule has 4 aromatic carbocycles. The van der Waals surface area contributed by atoms with Crippen LogP contribution in [0.4, 0.5) is 0 Å². The lowest BCUT2D eigenvalue weighted by molar-refractivity contribution is -0.367. The van der Waals surface area contributed by atoms with Gasteiger partial charge in [0.15, 0.2) is 61.8 Å². The molecule has 0 saturated carbocycles. The second kappa shape index (κ2) is 36.6. The highest BCUT2D eigenvalue weighted by atomic mass is 32.3. The van der Waals surface area contributed by atoms with Crippen molar-refractivity contribution < 1.29 is 154 Å². The molecule has 8 rings (SSSR count). The van der Waals surface area contributed by atoms with Crippen molar-refractivity contribution >= 4 is 76.7 Å². The van der Waals surface area contributed by atoms with Crippen LogP contribution in [-0.4, -0.2) is 249 Å². The molecule has 4 fully saturated rings. The highest BCUT2D eigenvalue weighted by Crippen LogP contribution is 2.53. The van der Waals surface area contributed by atoms with Gasteiger partial charge in [-0.15, -0.1) is 6.58 Å². The van der Waals surface area contributed by atoms with Gasteiger partial charge in [-0.1, -0.05) is 120 Å². The van der Waals surface area contributed by atoms with Gasteiger partial charge in [-0.05, 0) is 65.2 Å². The summed E-state index contributed by atoms with van der Waals surface area (Å²) in [6, 6.07) is 24.4. The Balaban J connectivity index is 1.35. The number of carbonyl (C=O) groups excluding carboxylic acids is 8. The molecular formula is C70H86N2O33S2Si-2. The van der Waals surface area contributed by atoms with Crippen molar-refractivity contribution in [3.63, 3.8) is 0 Å². The van der Waals surface area contributed by atoms with E-state index in [1.807, 2.05) is 48.1 Å². The van der Waals surface area contributed by atoms with E-state index in [0.29, 0.717) is 0 Å². The maximum absolute atomic E-state index is 14.9. The van der Waals surface area contributed by atoms with Gasteiger partial charge in [0.05, 0.1) is 56.3 Å². The third kappa shape index (κ3) is 21.5. The summed E-state index contributed by atoms with van der Waals surface area (Å²) in [7, 11) is -13.0. The number of methoxy groups -OCH3 is 2. The number of aliphatic hydroxyl groups is 2. The zero-order valence-corrected chi connectivity index (χ0v) is 63.0. The van der Waals surface area contributed by atoms with Gasteiger partial charge in [-0.2, -0.15) is 0 Å². The minimum absolute atomic E-state index is 0.0793. The fourth-order valence-corrected chi connectivity index (χ4v) is 16.8. The largest absolute Gasteiger partial charge is 0.726 e. The number of rotatable bonds is 29. The number of aliphatic hydroxyl groups excluding tert-OH is 2. The van der Waals surface area contributed by atoms with Gasteiger partial charge in [-0.3, -0.25) is 18.0 Å². The first-order valence-corrected chi connectivity index (χ1v) is 38.6. The van der Waals surface area contributed by atoms with Crippen LogP contribution in [0.15, 0.2) is 134 Å². The van der Waals surface area contributed by atoms with E-state index in [0.717, 1.165) is 28.1 Å². The lowest BCUT2D eigenvalue weighted by Gasteiger charge is -2.54. The molecule has 592 valence electrons. The number of carbonyl (C=O) groups is 8. The van der Waals surface area contributed by atoms with Crippen molar-refractivity contribution in [3.05, 3.63) is 156 Å². The van der Waals surface area contributed by atoms with E-state index in [-0.39, 0.29) is 28.9 Å². The molecule has 4 aromatic rings. The molecule has 2 amide bonds. The Hall–Kier alpha value is -8.10. The molecule has 20 atom stereocenters. The summed E-state index contributed by atoms with van der Waals surface area (Å²) in [6.45, 7) is 15.5. The molecule has 38 heteroatoms. The van der Waals surface area contributed by atoms with Crippen LogP contribution in [-0.2, 0) is 119 Å². The van der Waals surface area contributed by atoms with Crippen molar-refractivity contribution in [2.45, 2.75) is 195 Å². The summed E-state index contributed by atoms with van der Waals surface area (Å²) >= 11 is 0. The highest BCUT2D eigenvalue weighted by Gasteiger charge is 2.64. The van der Waals surface area contributed by atoms with Gasteiger partial charge in [0.2, 0.25) is 40.9 Å². The van der Waals surface area contributed by atoms with Crippen molar-refractivity contribution in [3.8, 4) is 0 Å². The lowest BCUT2D eigenvalue weighted by atomic mass is 9.93. The van der Waals surface area contributed by atoms with Crippen molar-refractivity contribution in [1.82, 2.24) is 10.6 Å². The Bertz CT molecular complexity index is 3990. The first-order chi connectivity index (χ1) is 50.8. The van der Waals surface area contributed by atoms with Gasteiger partial charge >= 0.3 is 35.8 Å². The van der Waals surface area contributed by atoms with Crippen LogP contribution in [0.3, 0.4) is 0 Å². The van der Waals surface area contributed by atoms with E-state index >= 15 is 0 Å². The number of amides is 2. The first kappa shape index (κ1) is 85.5. The van der Waals surface area contributed by atoms with Crippen LogP contribution in [0.1, 0.15) is 96.8 Å². The number of nitrogens with one attached hydrogen (secondary N) is 2.